The van der Waals surface area contributed by atoms with Crippen molar-refractivity contribution < 1.29 is 32.3 Å². The van der Waals surface area contributed by atoms with Gasteiger partial charge in [-0.05, 0) is 68.2 Å². The molecule has 2 atom stereocenters. The number of carboxylic acid groups (broad SMARTS) is 1. The van der Waals surface area contributed by atoms with Gasteiger partial charge in [0.15, 0.2) is 0 Å². The Labute approximate surface area is 367 Å². The molecular weight excluding hydrogens is 833 g/mol. The molecule has 332 valence electrons. The molecule has 2 aromatic heterocycles. The van der Waals surface area contributed by atoms with Gasteiger partial charge in [0.25, 0.3) is 0 Å². The number of carbonyl (C=O) groups excluding carboxylic acids is 1. The average molecular weight is 879 g/mol. The van der Waals surface area contributed by atoms with E-state index in [0.717, 1.165) is 50.2 Å². The lowest BCUT2D eigenvalue weighted by molar-refractivity contribution is -0.145. The Morgan fingerprint density at radius 1 is 0.672 bits per heavy atom. The van der Waals surface area contributed by atoms with Crippen molar-refractivity contribution in [1.29, 1.82) is 10.5 Å². The van der Waals surface area contributed by atoms with Crippen molar-refractivity contribution in [3.8, 4) is 12.1 Å². The van der Waals surface area contributed by atoms with Crippen molar-refractivity contribution in [2.75, 3.05) is 49.1 Å². The van der Waals surface area contributed by atoms with Crippen LogP contribution < -0.4 is 15.2 Å². The molecule has 2 saturated heterocycles. The Morgan fingerprint density at radius 2 is 1.16 bits per heavy atom. The number of hydrazone groups is 2. The number of aliphatic carboxylic acids is 1. The number of carboxylic acids is 1. The van der Waals surface area contributed by atoms with Crippen LogP contribution in [-0.4, -0.2) is 92.6 Å². The molecule has 0 radical (unpaired) electrons. The van der Waals surface area contributed by atoms with E-state index in [0.29, 0.717) is 98.2 Å². The van der Waals surface area contributed by atoms with Gasteiger partial charge in [-0.1, -0.05) is 7.43 Å². The summed E-state index contributed by atoms with van der Waals surface area (Å²) in [7, 11) is 0. The molecule has 6 aliphatic rings. The summed E-state index contributed by atoms with van der Waals surface area (Å²) in [4.78, 5) is 45.0. The highest BCUT2D eigenvalue weighted by molar-refractivity contribution is 6.03. The molecule has 4 fully saturated rings. The highest BCUT2D eigenvalue weighted by Gasteiger charge is 2.57. The van der Waals surface area contributed by atoms with E-state index in [2.05, 4.69) is 45.4 Å². The number of hydrogen-bond donors (Lipinski definition) is 2. The van der Waals surface area contributed by atoms with E-state index in [9.17, 15) is 32.3 Å². The van der Waals surface area contributed by atoms with Crippen molar-refractivity contribution in [3.05, 3.63) is 107 Å². The Morgan fingerprint density at radius 3 is 1.61 bits per heavy atom. The van der Waals surface area contributed by atoms with Crippen molar-refractivity contribution in [2.45, 2.75) is 58.8 Å². The molecule has 2 N–H and O–H groups in total. The number of carbonyl (C=O) groups is 2. The summed E-state index contributed by atoms with van der Waals surface area (Å²) in [6.07, 6.45) is 9.11. The van der Waals surface area contributed by atoms with Gasteiger partial charge in [0, 0.05) is 92.3 Å². The first-order chi connectivity index (χ1) is 30.4. The average Bonchev–Trinajstić information content (AvgIpc) is 4.04. The van der Waals surface area contributed by atoms with E-state index in [-0.39, 0.29) is 36.0 Å². The minimum atomic E-state index is -0.683. The molecular formula is C45H46F4N12O3. The number of anilines is 2. The van der Waals surface area contributed by atoms with E-state index in [1.54, 1.807) is 12.1 Å². The fourth-order valence-corrected chi connectivity index (χ4v) is 9.01. The molecule has 0 bridgehead atoms. The number of hydrogen-bond acceptors (Lipinski definition) is 13. The third-order valence-corrected chi connectivity index (χ3v) is 12.6. The summed E-state index contributed by atoms with van der Waals surface area (Å²) in [5, 5.41) is 37.0. The Balaban J connectivity index is 0.000000158. The third-order valence-electron chi connectivity index (χ3n) is 12.6. The van der Waals surface area contributed by atoms with Crippen LogP contribution in [-0.2, 0) is 9.59 Å². The van der Waals surface area contributed by atoms with Gasteiger partial charge in [-0.25, -0.2) is 42.5 Å². The van der Waals surface area contributed by atoms with Crippen molar-refractivity contribution >= 4 is 34.9 Å². The van der Waals surface area contributed by atoms with E-state index < -0.39 is 29.2 Å². The van der Waals surface area contributed by atoms with Crippen molar-refractivity contribution in [3.63, 3.8) is 0 Å². The minimum absolute atomic E-state index is 0. The fourth-order valence-electron chi connectivity index (χ4n) is 9.01. The molecule has 15 nitrogen and oxygen atoms in total. The van der Waals surface area contributed by atoms with Crippen LogP contribution in [0.4, 0.5) is 29.2 Å². The van der Waals surface area contributed by atoms with Crippen LogP contribution in [0.3, 0.4) is 0 Å². The number of benzene rings is 2. The van der Waals surface area contributed by atoms with Crippen LogP contribution in [0.2, 0.25) is 0 Å². The lowest BCUT2D eigenvalue weighted by Crippen LogP contribution is -2.48. The summed E-state index contributed by atoms with van der Waals surface area (Å²) in [5.74, 6) is -2.10. The third kappa shape index (κ3) is 9.94. The van der Waals surface area contributed by atoms with Crippen LogP contribution in [0, 0.1) is 68.6 Å². The molecule has 64 heavy (non-hydrogen) atoms. The molecule has 19 heteroatoms. The fraction of sp³-hybridized carbons (Fsp3) is 0.422. The molecule has 10 rings (SSSR count). The Hall–Kier alpha value is -7.02. The predicted molar refractivity (Wildman–Crippen MR) is 227 cm³/mol. The second-order valence-corrected chi connectivity index (χ2v) is 16.6. The molecule has 2 unspecified atom stereocenters. The summed E-state index contributed by atoms with van der Waals surface area (Å²) < 4.78 is 52.6. The van der Waals surface area contributed by atoms with Crippen LogP contribution in [0.15, 0.2) is 71.4 Å². The zero-order valence-corrected chi connectivity index (χ0v) is 34.0. The maximum atomic E-state index is 13.6. The minimum Gasteiger partial charge on any atom is -0.481 e. The van der Waals surface area contributed by atoms with Gasteiger partial charge in [-0.3, -0.25) is 9.59 Å². The second kappa shape index (κ2) is 18.8. The molecule has 2 spiro atoms. The molecule has 1 amide bonds. The normalized spacial score (nSPS) is 20.8. The summed E-state index contributed by atoms with van der Waals surface area (Å²) >= 11 is 0. The van der Waals surface area contributed by atoms with Crippen LogP contribution in [0.25, 0.3) is 0 Å². The number of aromatic nitrogens is 4. The Kier molecular flexibility index (Phi) is 13.2. The van der Waals surface area contributed by atoms with E-state index in [1.165, 1.54) is 41.9 Å². The molecule has 2 aliphatic carbocycles. The number of nitriles is 2. The lowest BCUT2D eigenvalue weighted by atomic mass is 9.81. The predicted octanol–water partition coefficient (Wildman–Crippen LogP) is 6.21. The number of halogens is 4. The first-order valence-corrected chi connectivity index (χ1v) is 20.7. The van der Waals surface area contributed by atoms with Gasteiger partial charge in [0.05, 0.1) is 23.9 Å². The van der Waals surface area contributed by atoms with Gasteiger partial charge in [-0.15, -0.1) is 0 Å². The van der Waals surface area contributed by atoms with Crippen LogP contribution >= 0.6 is 0 Å². The Bertz CT molecular complexity index is 2530. The number of amides is 1. The van der Waals surface area contributed by atoms with E-state index in [1.807, 2.05) is 12.1 Å². The molecule has 4 aliphatic heterocycles. The van der Waals surface area contributed by atoms with Crippen molar-refractivity contribution in [2.24, 2.45) is 32.9 Å². The van der Waals surface area contributed by atoms with Crippen LogP contribution in [0.1, 0.15) is 81.3 Å². The lowest BCUT2D eigenvalue weighted by Gasteiger charge is -2.39. The monoisotopic (exact) mass is 878 g/mol. The summed E-state index contributed by atoms with van der Waals surface area (Å²) in [6.45, 7) is 3.88. The second-order valence-electron chi connectivity index (χ2n) is 16.6. The quantitative estimate of drug-likeness (QED) is 0.208. The van der Waals surface area contributed by atoms with Gasteiger partial charge < -0.3 is 20.3 Å². The molecule has 2 saturated carbocycles. The van der Waals surface area contributed by atoms with Gasteiger partial charge >= 0.3 is 5.97 Å². The number of rotatable bonds is 6. The van der Waals surface area contributed by atoms with Gasteiger partial charge in [-0.2, -0.15) is 20.7 Å². The van der Waals surface area contributed by atoms with Gasteiger partial charge in [0.1, 0.15) is 71.1 Å². The smallest absolute Gasteiger partial charge is 0.307 e. The van der Waals surface area contributed by atoms with Crippen LogP contribution in [0.5, 0.6) is 0 Å². The zero-order valence-electron chi connectivity index (χ0n) is 34.0. The van der Waals surface area contributed by atoms with E-state index in [4.69, 9.17) is 10.5 Å². The first-order valence-electron chi connectivity index (χ1n) is 20.7. The maximum absolute atomic E-state index is 13.6. The highest BCUT2D eigenvalue weighted by atomic mass is 19.1. The number of piperidine rings is 2. The number of nitrogens with zero attached hydrogens (tertiary/aromatic N) is 11. The van der Waals surface area contributed by atoms with Crippen molar-refractivity contribution in [1.82, 2.24) is 30.4 Å². The molecule has 2 aromatic carbocycles. The topological polar surface area (TPSA) is 200 Å². The first kappa shape index (κ1) is 45.0. The molecule has 4 aromatic rings. The van der Waals surface area contributed by atoms with E-state index >= 15 is 0 Å². The summed E-state index contributed by atoms with van der Waals surface area (Å²) in [6, 6.07) is 14.1. The molecule has 6 heterocycles. The largest absolute Gasteiger partial charge is 0.481 e. The SMILES string of the molecule is C.Fc1cc(F)cc(C2=NNCC2)c1.N#Cc1cc(N2CCC(C(=O)N3CCC(c4cc(F)cc(F)c4)=N3)C3(CC3)C2)ncn1.N#Cc1cc(N2CCC(C(=O)O)C3(CC3)C2)ncn1. The summed E-state index contributed by atoms with van der Waals surface area (Å²) in [5.41, 5.74) is 5.35. The highest BCUT2D eigenvalue weighted by Crippen LogP contribution is 2.57. The maximum Gasteiger partial charge on any atom is 0.307 e. The van der Waals surface area contributed by atoms with Gasteiger partial charge in [0.2, 0.25) is 5.91 Å². The zero-order chi connectivity index (χ0) is 44.3. The standard InChI is InChI=1S/C22H20F2N6O.C13H14N4O2.C9H8F2N2.CH4/c23-15-7-14(8-16(24)9-15)19-2-6-30(28-19)21(31)18-1-5-29(12-22(18)3-4-22)20-10-17(11-25)26-13-27-20;14-6-9-5-11(16-8-15-9)17-4-1-10(12(18)19)13(7-17)2-3-13;10-7-3-6(4-8(11)5-7)9-1-2-12-13-9;/h7-10,13,18H,1-6,12H2;5,8,10H,1-4,7H2,(H,18,19);3-5,12H,1-2H2;1H4. The number of nitrogens with one attached hydrogen (secondary N) is 1.